The van der Waals surface area contributed by atoms with Crippen molar-refractivity contribution in [1.82, 2.24) is 5.32 Å². The van der Waals surface area contributed by atoms with Gasteiger partial charge in [0.2, 0.25) is 0 Å². The van der Waals surface area contributed by atoms with Crippen LogP contribution in [0.4, 0.5) is 0 Å². The summed E-state index contributed by atoms with van der Waals surface area (Å²) in [5.41, 5.74) is 0.252. The van der Waals surface area contributed by atoms with Crippen molar-refractivity contribution >= 4 is 0 Å². The van der Waals surface area contributed by atoms with Crippen LogP contribution >= 0.6 is 0 Å². The lowest BCUT2D eigenvalue weighted by molar-refractivity contribution is 0.143. The highest BCUT2D eigenvalue weighted by Gasteiger charge is 2.31. The second-order valence-electron chi connectivity index (χ2n) is 5.87. The summed E-state index contributed by atoms with van der Waals surface area (Å²) < 4.78 is 0. The third-order valence-corrected chi connectivity index (χ3v) is 3.27. The first-order chi connectivity index (χ1) is 6.43. The van der Waals surface area contributed by atoms with E-state index < -0.39 is 0 Å². The van der Waals surface area contributed by atoms with Gasteiger partial charge >= 0.3 is 0 Å². The van der Waals surface area contributed by atoms with E-state index in [1.165, 1.54) is 12.8 Å². The van der Waals surface area contributed by atoms with Crippen molar-refractivity contribution in [2.75, 3.05) is 6.61 Å². The van der Waals surface area contributed by atoms with E-state index in [0.717, 1.165) is 12.3 Å². The molecule has 0 aromatic heterocycles. The molecule has 0 spiro atoms. The Labute approximate surface area is 88.1 Å². The molecular formula is C12H25NO. The molecule has 1 atom stereocenters. The highest BCUT2D eigenvalue weighted by atomic mass is 16.3. The van der Waals surface area contributed by atoms with Gasteiger partial charge in [-0.3, -0.25) is 0 Å². The summed E-state index contributed by atoms with van der Waals surface area (Å²) >= 11 is 0. The molecule has 2 heteroatoms. The van der Waals surface area contributed by atoms with Crippen molar-refractivity contribution in [1.29, 1.82) is 0 Å². The standard InChI is InChI=1S/C12H25NO/c1-9-7-10(8-9)13-11(5-6-14)12(2,3)4/h9-11,13-14H,5-8H2,1-4H3. The van der Waals surface area contributed by atoms with Gasteiger partial charge in [-0.15, -0.1) is 0 Å². The zero-order chi connectivity index (χ0) is 10.8. The molecule has 14 heavy (non-hydrogen) atoms. The maximum atomic E-state index is 9.02. The Hall–Kier alpha value is -0.0800. The van der Waals surface area contributed by atoms with Crippen molar-refractivity contribution in [3.05, 3.63) is 0 Å². The molecule has 1 saturated carbocycles. The smallest absolute Gasteiger partial charge is 0.0446 e. The molecule has 0 aliphatic heterocycles. The average molecular weight is 199 g/mol. The molecule has 0 aromatic carbocycles. The number of nitrogens with one attached hydrogen (secondary N) is 1. The van der Waals surface area contributed by atoms with Crippen LogP contribution in [-0.2, 0) is 0 Å². The molecule has 1 aliphatic rings. The van der Waals surface area contributed by atoms with E-state index in [9.17, 15) is 0 Å². The molecule has 2 nitrogen and oxygen atoms in total. The summed E-state index contributed by atoms with van der Waals surface area (Å²) in [5.74, 6) is 0.891. The highest BCUT2D eigenvalue weighted by molar-refractivity contribution is 4.89. The minimum absolute atomic E-state index is 0.252. The zero-order valence-corrected chi connectivity index (χ0v) is 10.0. The largest absolute Gasteiger partial charge is 0.396 e. The fraction of sp³-hybridized carbons (Fsp3) is 1.00. The van der Waals surface area contributed by atoms with Gasteiger partial charge < -0.3 is 10.4 Å². The van der Waals surface area contributed by atoms with Crippen LogP contribution in [0.15, 0.2) is 0 Å². The summed E-state index contributed by atoms with van der Waals surface area (Å²) in [6.45, 7) is 9.31. The van der Waals surface area contributed by atoms with Gasteiger partial charge in [-0.1, -0.05) is 27.7 Å². The Bertz CT molecular complexity index is 168. The highest BCUT2D eigenvalue weighted by Crippen LogP contribution is 2.30. The number of aliphatic hydroxyl groups excluding tert-OH is 1. The van der Waals surface area contributed by atoms with Gasteiger partial charge in [0.15, 0.2) is 0 Å². The van der Waals surface area contributed by atoms with E-state index in [1.807, 2.05) is 0 Å². The second kappa shape index (κ2) is 4.63. The lowest BCUT2D eigenvalue weighted by Crippen LogP contribution is -2.50. The number of hydrogen-bond donors (Lipinski definition) is 2. The second-order valence-corrected chi connectivity index (χ2v) is 5.87. The van der Waals surface area contributed by atoms with Gasteiger partial charge in [-0.25, -0.2) is 0 Å². The molecule has 0 aromatic rings. The van der Waals surface area contributed by atoms with Gasteiger partial charge in [0, 0.05) is 18.7 Å². The number of rotatable bonds is 4. The first-order valence-electron chi connectivity index (χ1n) is 5.80. The van der Waals surface area contributed by atoms with E-state index in [1.54, 1.807) is 0 Å². The third-order valence-electron chi connectivity index (χ3n) is 3.27. The Morgan fingerprint density at radius 2 is 1.93 bits per heavy atom. The van der Waals surface area contributed by atoms with Crippen molar-refractivity contribution < 1.29 is 5.11 Å². The van der Waals surface area contributed by atoms with E-state index in [2.05, 4.69) is 33.0 Å². The van der Waals surface area contributed by atoms with Gasteiger partial charge in [-0.05, 0) is 30.6 Å². The van der Waals surface area contributed by atoms with Gasteiger partial charge in [0.05, 0.1) is 0 Å². The molecule has 84 valence electrons. The van der Waals surface area contributed by atoms with Crippen molar-refractivity contribution in [3.63, 3.8) is 0 Å². The molecule has 1 aliphatic carbocycles. The Morgan fingerprint density at radius 1 is 1.36 bits per heavy atom. The minimum atomic E-state index is 0.252. The first kappa shape index (κ1) is 12.0. The number of aliphatic hydroxyl groups is 1. The van der Waals surface area contributed by atoms with Crippen molar-refractivity contribution in [3.8, 4) is 0 Å². The Balaban J connectivity index is 2.36. The van der Waals surface area contributed by atoms with Crippen LogP contribution in [0, 0.1) is 11.3 Å². The normalized spacial score (nSPS) is 29.8. The zero-order valence-electron chi connectivity index (χ0n) is 10.0. The Morgan fingerprint density at radius 3 is 2.29 bits per heavy atom. The van der Waals surface area contributed by atoms with Crippen LogP contribution in [0.25, 0.3) is 0 Å². The van der Waals surface area contributed by atoms with E-state index in [4.69, 9.17) is 5.11 Å². The average Bonchev–Trinajstić information content (AvgIpc) is 1.98. The van der Waals surface area contributed by atoms with Crippen LogP contribution in [-0.4, -0.2) is 23.8 Å². The van der Waals surface area contributed by atoms with Crippen LogP contribution in [0.2, 0.25) is 0 Å². The van der Waals surface area contributed by atoms with E-state index >= 15 is 0 Å². The predicted octanol–water partition coefficient (Wildman–Crippen LogP) is 2.17. The molecule has 0 bridgehead atoms. The lowest BCUT2D eigenvalue weighted by atomic mass is 9.78. The van der Waals surface area contributed by atoms with Gasteiger partial charge in [0.1, 0.15) is 0 Å². The van der Waals surface area contributed by atoms with E-state index in [0.29, 0.717) is 12.1 Å². The lowest BCUT2D eigenvalue weighted by Gasteiger charge is -2.41. The fourth-order valence-corrected chi connectivity index (χ4v) is 2.22. The SMILES string of the molecule is CC1CC(NC(CCO)C(C)(C)C)C1. The van der Waals surface area contributed by atoms with Crippen molar-refractivity contribution in [2.45, 2.75) is 59.0 Å². The summed E-state index contributed by atoms with van der Waals surface area (Å²) in [6, 6.07) is 1.14. The van der Waals surface area contributed by atoms with E-state index in [-0.39, 0.29) is 12.0 Å². The quantitative estimate of drug-likeness (QED) is 0.727. The molecule has 0 saturated heterocycles. The monoisotopic (exact) mass is 199 g/mol. The summed E-state index contributed by atoms with van der Waals surface area (Å²) in [6.07, 6.45) is 3.48. The summed E-state index contributed by atoms with van der Waals surface area (Å²) in [4.78, 5) is 0. The van der Waals surface area contributed by atoms with Crippen LogP contribution in [0.3, 0.4) is 0 Å². The number of hydrogen-bond acceptors (Lipinski definition) is 2. The molecule has 0 amide bonds. The predicted molar refractivity (Wildman–Crippen MR) is 60.3 cm³/mol. The summed E-state index contributed by atoms with van der Waals surface area (Å²) in [5, 5.41) is 12.7. The van der Waals surface area contributed by atoms with Crippen LogP contribution in [0.1, 0.15) is 47.0 Å². The molecule has 1 unspecified atom stereocenters. The third kappa shape index (κ3) is 3.25. The van der Waals surface area contributed by atoms with Crippen LogP contribution in [0.5, 0.6) is 0 Å². The molecule has 1 fully saturated rings. The molecule has 1 rings (SSSR count). The molecule has 2 N–H and O–H groups in total. The Kier molecular flexibility index (Phi) is 3.96. The first-order valence-corrected chi connectivity index (χ1v) is 5.80. The maximum Gasteiger partial charge on any atom is 0.0446 e. The summed E-state index contributed by atoms with van der Waals surface area (Å²) in [7, 11) is 0. The van der Waals surface area contributed by atoms with Gasteiger partial charge in [0.25, 0.3) is 0 Å². The maximum absolute atomic E-state index is 9.02. The van der Waals surface area contributed by atoms with Crippen LogP contribution < -0.4 is 5.32 Å². The molecule has 0 heterocycles. The minimum Gasteiger partial charge on any atom is -0.396 e. The van der Waals surface area contributed by atoms with Crippen molar-refractivity contribution in [2.24, 2.45) is 11.3 Å². The van der Waals surface area contributed by atoms with Gasteiger partial charge in [-0.2, -0.15) is 0 Å². The molecule has 0 radical (unpaired) electrons. The molecular weight excluding hydrogens is 174 g/mol. The topological polar surface area (TPSA) is 32.3 Å². The fourth-order valence-electron chi connectivity index (χ4n) is 2.22.